The highest BCUT2D eigenvalue weighted by Crippen LogP contribution is 2.29. The van der Waals surface area contributed by atoms with Crippen molar-refractivity contribution in [3.63, 3.8) is 0 Å². The highest BCUT2D eigenvalue weighted by molar-refractivity contribution is 4.94. The fourth-order valence-corrected chi connectivity index (χ4v) is 5.60. The van der Waals surface area contributed by atoms with Gasteiger partial charge in [0.25, 0.3) is 0 Å². The number of rotatable bonds is 14. The van der Waals surface area contributed by atoms with Gasteiger partial charge < -0.3 is 104 Å². The third kappa shape index (κ3) is 9.33. The highest BCUT2D eigenvalue weighted by atomic mass is 16.8. The number of aliphatic hydroxyl groups excluding tert-OH is 13. The minimum absolute atomic E-state index is 0.131. The minimum atomic E-state index is -1.90. The van der Waals surface area contributed by atoms with E-state index in [0.717, 1.165) is 0 Å². The molecule has 20 atom stereocenters. The summed E-state index contributed by atoms with van der Waals surface area (Å²) < 4.78 is 43.3. The summed E-state index contributed by atoms with van der Waals surface area (Å²) in [5, 5.41) is 136. The molecular formula is C26H45N3O21. The Morgan fingerprint density at radius 1 is 0.440 bits per heavy atom. The summed E-state index contributed by atoms with van der Waals surface area (Å²) >= 11 is 0. The van der Waals surface area contributed by atoms with Crippen molar-refractivity contribution in [2.75, 3.05) is 39.6 Å². The van der Waals surface area contributed by atoms with Gasteiger partial charge in [-0.1, -0.05) is 5.11 Å². The molecule has 4 saturated heterocycles. The zero-order valence-electron chi connectivity index (χ0n) is 26.2. The molecule has 50 heavy (non-hydrogen) atoms. The van der Waals surface area contributed by atoms with Crippen LogP contribution in [0.25, 0.3) is 10.4 Å². The zero-order chi connectivity index (χ0) is 36.9. The van der Waals surface area contributed by atoms with Gasteiger partial charge in [0.15, 0.2) is 25.2 Å². The lowest BCUT2D eigenvalue weighted by atomic mass is 9.98. The quantitative estimate of drug-likeness (QED) is 0.0341. The molecular weight excluding hydrogens is 690 g/mol. The van der Waals surface area contributed by atoms with E-state index in [1.165, 1.54) is 0 Å². The lowest BCUT2D eigenvalue weighted by Gasteiger charge is -2.44. The number of hydrogen-bond acceptors (Lipinski definition) is 22. The van der Waals surface area contributed by atoms with Crippen LogP contribution in [0.2, 0.25) is 0 Å². The molecule has 0 aromatic rings. The molecule has 0 spiro atoms. The normalized spacial score (nSPS) is 48.6. The first-order valence-corrected chi connectivity index (χ1v) is 15.6. The molecule has 290 valence electrons. The Morgan fingerprint density at radius 3 is 1.06 bits per heavy atom. The Labute approximate surface area is 282 Å². The van der Waals surface area contributed by atoms with Crippen molar-refractivity contribution in [3.8, 4) is 0 Å². The number of azide groups is 1. The van der Waals surface area contributed by atoms with Crippen molar-refractivity contribution >= 4 is 0 Å². The van der Waals surface area contributed by atoms with Crippen LogP contribution in [0.15, 0.2) is 5.11 Å². The van der Waals surface area contributed by atoms with Gasteiger partial charge in [-0.2, -0.15) is 0 Å². The average Bonchev–Trinajstić information content (AvgIpc) is 3.11. The van der Waals surface area contributed by atoms with E-state index in [9.17, 15) is 66.4 Å². The Kier molecular flexibility index (Phi) is 15.2. The van der Waals surface area contributed by atoms with Crippen LogP contribution in [0.1, 0.15) is 0 Å². The van der Waals surface area contributed by atoms with Crippen molar-refractivity contribution in [1.82, 2.24) is 0 Å². The van der Waals surface area contributed by atoms with Gasteiger partial charge in [0.1, 0.15) is 97.7 Å². The molecule has 4 unspecified atom stereocenters. The van der Waals surface area contributed by atoms with Gasteiger partial charge in [-0.3, -0.25) is 0 Å². The number of hydrogen-bond donors (Lipinski definition) is 13. The molecule has 24 heteroatoms. The maximum Gasteiger partial charge on any atom is 0.186 e. The maximum atomic E-state index is 10.5. The van der Waals surface area contributed by atoms with Crippen LogP contribution >= 0.6 is 0 Å². The summed E-state index contributed by atoms with van der Waals surface area (Å²) in [6, 6.07) is 0. The average molecular weight is 736 g/mol. The molecule has 0 aromatic carbocycles. The van der Waals surface area contributed by atoms with Crippen LogP contribution < -0.4 is 0 Å². The van der Waals surface area contributed by atoms with E-state index in [2.05, 4.69) is 10.0 Å². The molecule has 13 N–H and O–H groups in total. The molecule has 24 nitrogen and oxygen atoms in total. The van der Waals surface area contributed by atoms with Crippen molar-refractivity contribution in [3.05, 3.63) is 10.4 Å². The van der Waals surface area contributed by atoms with E-state index in [1.54, 1.807) is 0 Å². The second kappa shape index (κ2) is 18.5. The molecule has 0 saturated carbocycles. The second-order valence-corrected chi connectivity index (χ2v) is 12.1. The van der Waals surface area contributed by atoms with Crippen LogP contribution in [-0.2, 0) is 37.9 Å². The van der Waals surface area contributed by atoms with Crippen LogP contribution in [0.5, 0.6) is 0 Å². The summed E-state index contributed by atoms with van der Waals surface area (Å²) in [5.41, 5.74) is 8.37. The number of nitrogens with zero attached hydrogens (tertiary/aromatic N) is 3. The number of aliphatic hydroxyl groups is 13. The van der Waals surface area contributed by atoms with Crippen molar-refractivity contribution in [1.29, 1.82) is 0 Å². The van der Waals surface area contributed by atoms with E-state index in [4.69, 9.17) is 43.4 Å². The van der Waals surface area contributed by atoms with Crippen LogP contribution in [-0.4, -0.2) is 229 Å². The molecule has 0 amide bonds. The third-order valence-corrected chi connectivity index (χ3v) is 8.66. The lowest BCUT2D eigenvalue weighted by Crippen LogP contribution is -2.63. The molecule has 0 radical (unpaired) electrons. The predicted octanol–water partition coefficient (Wildman–Crippen LogP) is -8.41. The summed E-state index contributed by atoms with van der Waals surface area (Å²) in [7, 11) is 0. The van der Waals surface area contributed by atoms with E-state index >= 15 is 0 Å². The van der Waals surface area contributed by atoms with Gasteiger partial charge in [0, 0.05) is 11.5 Å². The first-order chi connectivity index (χ1) is 23.7. The molecule has 4 aliphatic heterocycles. The zero-order valence-corrected chi connectivity index (χ0v) is 26.2. The minimum Gasteiger partial charge on any atom is -0.394 e. The van der Waals surface area contributed by atoms with E-state index in [1.807, 2.05) is 0 Å². The van der Waals surface area contributed by atoms with E-state index in [-0.39, 0.29) is 13.2 Å². The van der Waals surface area contributed by atoms with Crippen molar-refractivity contribution in [2.45, 2.75) is 123 Å². The predicted molar refractivity (Wildman–Crippen MR) is 152 cm³/mol. The Morgan fingerprint density at radius 2 is 0.740 bits per heavy atom. The molecule has 0 aromatic heterocycles. The summed E-state index contributed by atoms with van der Waals surface area (Å²) in [6.07, 6.45) is -33.7. The fourth-order valence-electron chi connectivity index (χ4n) is 5.60. The van der Waals surface area contributed by atoms with Gasteiger partial charge >= 0.3 is 0 Å². The Hall–Kier alpha value is -1.53. The monoisotopic (exact) mass is 735 g/mol. The second-order valence-electron chi connectivity index (χ2n) is 12.1. The topological polar surface area (TPSA) is 386 Å². The standard InChI is InChI=1S/C26H45N3O21/c27-29-28-1-2-43-23-19(39)16(36)12(32)8(48-23)4-45-25-21(41)18(38)14(34)10(50-25)6-46-26-22(42)17(37)13(33)9(49-26)5-44-24-20(40)15(35)11(31)7(3-30)47-24/h7-26,30-42H,1-6H2/t7-,8-,9-,10-,11-,12-,13-,14-,15+,16?,17?,18+,19-,20?,21-,22-,23?,24-,25-,26-/m1/s1. The first-order valence-electron chi connectivity index (χ1n) is 15.6. The Bertz CT molecular complexity index is 1090. The molecule has 4 fully saturated rings. The fraction of sp³-hybridized carbons (Fsp3) is 1.00. The summed E-state index contributed by atoms with van der Waals surface area (Å²) in [4.78, 5) is 2.54. The van der Waals surface area contributed by atoms with Gasteiger partial charge in [-0.25, -0.2) is 0 Å². The van der Waals surface area contributed by atoms with Crippen molar-refractivity contribution < 1.29 is 104 Å². The van der Waals surface area contributed by atoms with Gasteiger partial charge in [0.2, 0.25) is 0 Å². The molecule has 0 bridgehead atoms. The number of ether oxygens (including phenoxy) is 8. The molecule has 4 aliphatic rings. The highest BCUT2D eigenvalue weighted by Gasteiger charge is 2.50. The van der Waals surface area contributed by atoms with Crippen molar-refractivity contribution in [2.24, 2.45) is 5.11 Å². The van der Waals surface area contributed by atoms with Crippen LogP contribution in [0.4, 0.5) is 0 Å². The van der Waals surface area contributed by atoms with E-state index in [0.29, 0.717) is 0 Å². The van der Waals surface area contributed by atoms with Crippen LogP contribution in [0.3, 0.4) is 0 Å². The Balaban J connectivity index is 1.33. The van der Waals surface area contributed by atoms with Gasteiger partial charge in [0.05, 0.1) is 33.0 Å². The summed E-state index contributed by atoms with van der Waals surface area (Å²) in [6.45, 7) is -3.03. The summed E-state index contributed by atoms with van der Waals surface area (Å²) in [5.74, 6) is 0. The first kappa shape index (κ1) is 41.2. The largest absolute Gasteiger partial charge is 0.394 e. The SMILES string of the molecule is [N-]=[N+]=NCCOC1O[C@H](CO[C@@H]2O[C@H](CO[C@@H]3O[C@H](CO[C@@H]4O[C@H](CO)[C@@H](O)[C@H](O)C4O)[C@@H](O)C(O)[C@H]3O)[C@@H](O)[C@H](O)[C@H]2O)[C@@H](O)C(O)[C@H]1O. The van der Waals surface area contributed by atoms with Crippen LogP contribution in [0, 0.1) is 0 Å². The smallest absolute Gasteiger partial charge is 0.186 e. The molecule has 4 heterocycles. The lowest BCUT2D eigenvalue weighted by molar-refractivity contribution is -0.347. The molecule has 0 aliphatic carbocycles. The van der Waals surface area contributed by atoms with Gasteiger partial charge in [-0.15, -0.1) is 0 Å². The maximum absolute atomic E-state index is 10.5. The van der Waals surface area contributed by atoms with E-state index < -0.39 is 149 Å². The third-order valence-electron chi connectivity index (χ3n) is 8.66. The van der Waals surface area contributed by atoms with Gasteiger partial charge in [-0.05, 0) is 5.53 Å². The molecule has 4 rings (SSSR count).